The molecule has 0 aromatic heterocycles. The summed E-state index contributed by atoms with van der Waals surface area (Å²) >= 11 is 0. The Morgan fingerprint density at radius 1 is 0.562 bits per heavy atom. The van der Waals surface area contributed by atoms with Crippen molar-refractivity contribution < 1.29 is 14.9 Å². The Bertz CT molecular complexity index is 333. The third-order valence-corrected chi connectivity index (χ3v) is 5.74. The predicted octanol–water partition coefficient (Wildman–Crippen LogP) is 8.91. The lowest BCUT2D eigenvalue weighted by atomic mass is 10.1. The van der Waals surface area contributed by atoms with E-state index in [0.717, 1.165) is 26.1 Å². The average Bonchev–Trinajstić information content (AvgIpc) is 2.82. The first-order valence-electron chi connectivity index (χ1n) is 14.0. The van der Waals surface area contributed by atoms with Crippen LogP contribution in [-0.2, 0) is 9.78 Å². The molecule has 1 N–H and O–H groups in total. The molecule has 0 radical (unpaired) electrons. The summed E-state index contributed by atoms with van der Waals surface area (Å²) in [5.41, 5.74) is 0. The van der Waals surface area contributed by atoms with Crippen LogP contribution in [0.5, 0.6) is 0 Å². The Labute approximate surface area is 201 Å². The van der Waals surface area contributed by atoms with Gasteiger partial charge in [-0.1, -0.05) is 129 Å². The van der Waals surface area contributed by atoms with E-state index in [4.69, 9.17) is 20.1 Å². The molecule has 0 fully saturated rings. The van der Waals surface area contributed by atoms with E-state index in [-0.39, 0.29) is 12.5 Å². The lowest BCUT2D eigenvalue weighted by Gasteiger charge is -2.05. The monoisotopic (exact) mass is 455 g/mol. The van der Waals surface area contributed by atoms with Gasteiger partial charge in [0.2, 0.25) is 0 Å². The van der Waals surface area contributed by atoms with E-state index in [1.54, 1.807) is 6.92 Å². The third kappa shape index (κ3) is 34.0. The smallest absolute Gasteiger partial charge is 0.0822 e. The molecule has 0 aliphatic heterocycles. The second-order valence-corrected chi connectivity index (χ2v) is 9.22. The number of nitriles is 1. The average molecular weight is 456 g/mol. The van der Waals surface area contributed by atoms with E-state index in [1.165, 1.54) is 116 Å². The van der Waals surface area contributed by atoms with Crippen LogP contribution in [0.1, 0.15) is 149 Å². The van der Waals surface area contributed by atoms with E-state index in [0.29, 0.717) is 0 Å². The predicted molar refractivity (Wildman–Crippen MR) is 137 cm³/mol. The van der Waals surface area contributed by atoms with Crippen LogP contribution in [0.25, 0.3) is 0 Å². The van der Waals surface area contributed by atoms with Gasteiger partial charge in [-0.3, -0.25) is 0 Å². The normalized spacial score (nSPS) is 11.6. The summed E-state index contributed by atoms with van der Waals surface area (Å²) in [5.74, 6) is -0.204. The molecule has 0 rings (SSSR count). The summed E-state index contributed by atoms with van der Waals surface area (Å²) in [4.78, 5) is 10.6. The quantitative estimate of drug-likeness (QED) is 0.0896. The van der Waals surface area contributed by atoms with Gasteiger partial charge < -0.3 is 5.11 Å². The molecule has 32 heavy (non-hydrogen) atoms. The van der Waals surface area contributed by atoms with Gasteiger partial charge in [0.1, 0.15) is 0 Å². The maximum Gasteiger partial charge on any atom is 0.0822 e. The molecule has 0 aliphatic carbocycles. The molecule has 1 atom stereocenters. The summed E-state index contributed by atoms with van der Waals surface area (Å²) in [6.45, 7) is 7.74. The molecule has 0 saturated carbocycles. The summed E-state index contributed by atoms with van der Waals surface area (Å²) in [6.07, 6.45) is 27.3. The Hall–Kier alpha value is -0.630. The van der Waals surface area contributed by atoms with E-state index >= 15 is 0 Å². The van der Waals surface area contributed by atoms with Crippen molar-refractivity contribution in [3.05, 3.63) is 0 Å². The standard InChI is InChI=1S/C24H50O2.C4H7NO/c1-3-5-7-9-11-13-15-17-19-21-23-25-26-24-22-20-18-16-14-12-10-8-6-4-2;1-4(2-5)3-6/h3-24H2,1-2H3;4,6H,3H2,1H3. The molecule has 0 heterocycles. The molecule has 4 heteroatoms. The first-order valence-corrected chi connectivity index (χ1v) is 14.0. The van der Waals surface area contributed by atoms with Crippen LogP contribution in [0, 0.1) is 17.2 Å². The van der Waals surface area contributed by atoms with Crippen molar-refractivity contribution in [3.63, 3.8) is 0 Å². The molecule has 0 spiro atoms. The maximum absolute atomic E-state index is 8.11. The van der Waals surface area contributed by atoms with E-state index in [2.05, 4.69) is 13.8 Å². The first-order chi connectivity index (χ1) is 15.7. The fraction of sp³-hybridized carbons (Fsp3) is 0.964. The molecule has 0 amide bonds. The largest absolute Gasteiger partial charge is 0.395 e. The molecule has 4 nitrogen and oxygen atoms in total. The highest BCUT2D eigenvalue weighted by molar-refractivity contribution is 4.76. The van der Waals surface area contributed by atoms with Gasteiger partial charge in [0.05, 0.1) is 31.8 Å². The Morgan fingerprint density at radius 3 is 1.06 bits per heavy atom. The Balaban J connectivity index is 0. The molecule has 1 unspecified atom stereocenters. The van der Waals surface area contributed by atoms with E-state index < -0.39 is 0 Å². The lowest BCUT2D eigenvalue weighted by Crippen LogP contribution is -1.99. The number of unbranched alkanes of at least 4 members (excludes halogenated alkanes) is 18. The zero-order valence-corrected chi connectivity index (χ0v) is 22.1. The third-order valence-electron chi connectivity index (χ3n) is 5.74. The molecular formula is C28H57NO3. The summed E-state index contributed by atoms with van der Waals surface area (Å²) in [7, 11) is 0. The van der Waals surface area contributed by atoms with Crippen LogP contribution >= 0.6 is 0 Å². The summed E-state index contributed by atoms with van der Waals surface area (Å²) < 4.78 is 0. The fourth-order valence-electron chi connectivity index (χ4n) is 3.46. The van der Waals surface area contributed by atoms with Gasteiger partial charge in [0.15, 0.2) is 0 Å². The van der Waals surface area contributed by atoms with Gasteiger partial charge in [-0.25, -0.2) is 9.78 Å². The van der Waals surface area contributed by atoms with Crippen LogP contribution in [0.3, 0.4) is 0 Å². The zero-order valence-electron chi connectivity index (χ0n) is 22.1. The van der Waals surface area contributed by atoms with Crippen molar-refractivity contribution in [3.8, 4) is 6.07 Å². The molecule has 0 aromatic carbocycles. The van der Waals surface area contributed by atoms with Gasteiger partial charge in [-0.05, 0) is 19.8 Å². The van der Waals surface area contributed by atoms with E-state index in [9.17, 15) is 0 Å². The van der Waals surface area contributed by atoms with Crippen molar-refractivity contribution in [1.29, 1.82) is 5.26 Å². The minimum atomic E-state index is -0.204. The SMILES string of the molecule is CC(C#N)CO.CCCCCCCCCCCCOOCCCCCCCCCCCC. The molecule has 0 bridgehead atoms. The summed E-state index contributed by atoms with van der Waals surface area (Å²) in [5, 5.41) is 16.0. The second-order valence-electron chi connectivity index (χ2n) is 9.22. The number of hydrogen-bond acceptors (Lipinski definition) is 4. The van der Waals surface area contributed by atoms with Crippen LogP contribution in [0.2, 0.25) is 0 Å². The second kappa shape index (κ2) is 32.5. The molecule has 0 aromatic rings. The van der Waals surface area contributed by atoms with Gasteiger partial charge in [-0.15, -0.1) is 0 Å². The van der Waals surface area contributed by atoms with Gasteiger partial charge in [0, 0.05) is 0 Å². The highest BCUT2D eigenvalue weighted by atomic mass is 17.2. The van der Waals surface area contributed by atoms with Crippen LogP contribution < -0.4 is 0 Å². The van der Waals surface area contributed by atoms with Crippen molar-refractivity contribution in [2.75, 3.05) is 19.8 Å². The molecule has 0 saturated heterocycles. The first kappa shape index (κ1) is 33.5. The van der Waals surface area contributed by atoms with E-state index in [1.807, 2.05) is 6.07 Å². The summed E-state index contributed by atoms with van der Waals surface area (Å²) in [6, 6.07) is 1.86. The number of rotatable bonds is 24. The van der Waals surface area contributed by atoms with Crippen molar-refractivity contribution >= 4 is 0 Å². The molecule has 192 valence electrons. The zero-order chi connectivity index (χ0) is 24.0. The highest BCUT2D eigenvalue weighted by Crippen LogP contribution is 2.11. The fourth-order valence-corrected chi connectivity index (χ4v) is 3.46. The topological polar surface area (TPSA) is 62.5 Å². The van der Waals surface area contributed by atoms with Gasteiger partial charge in [0.25, 0.3) is 0 Å². The van der Waals surface area contributed by atoms with Crippen molar-refractivity contribution in [1.82, 2.24) is 0 Å². The Morgan fingerprint density at radius 2 is 0.844 bits per heavy atom. The van der Waals surface area contributed by atoms with Crippen LogP contribution in [0.15, 0.2) is 0 Å². The maximum atomic E-state index is 8.11. The number of aliphatic hydroxyl groups is 1. The minimum absolute atomic E-state index is 0.0312. The van der Waals surface area contributed by atoms with Crippen LogP contribution in [-0.4, -0.2) is 24.9 Å². The van der Waals surface area contributed by atoms with Gasteiger partial charge in [-0.2, -0.15) is 5.26 Å². The van der Waals surface area contributed by atoms with Crippen molar-refractivity contribution in [2.45, 2.75) is 149 Å². The van der Waals surface area contributed by atoms with Gasteiger partial charge >= 0.3 is 0 Å². The Kier molecular flexibility index (Phi) is 34.1. The lowest BCUT2D eigenvalue weighted by molar-refractivity contribution is -0.295. The number of nitrogens with zero attached hydrogens (tertiary/aromatic N) is 1. The minimum Gasteiger partial charge on any atom is -0.395 e. The molecule has 0 aliphatic rings. The van der Waals surface area contributed by atoms with Crippen molar-refractivity contribution in [2.24, 2.45) is 5.92 Å². The highest BCUT2D eigenvalue weighted by Gasteiger charge is 1.96. The number of hydrogen-bond donors (Lipinski definition) is 1. The van der Waals surface area contributed by atoms with Crippen LogP contribution in [0.4, 0.5) is 0 Å². The molecular weight excluding hydrogens is 398 g/mol. The number of aliphatic hydroxyl groups excluding tert-OH is 1.